The van der Waals surface area contributed by atoms with E-state index in [2.05, 4.69) is 37.3 Å². The first kappa shape index (κ1) is 9.45. The van der Waals surface area contributed by atoms with Crippen LogP contribution in [0.3, 0.4) is 0 Å². The van der Waals surface area contributed by atoms with E-state index in [0.717, 1.165) is 14.7 Å². The monoisotopic (exact) mass is 302 g/mol. The van der Waals surface area contributed by atoms with E-state index in [9.17, 15) is 4.79 Å². The van der Waals surface area contributed by atoms with E-state index in [1.165, 1.54) is 7.11 Å². The van der Waals surface area contributed by atoms with Gasteiger partial charge in [-0.1, -0.05) is 0 Å². The molecule has 5 heteroatoms. The van der Waals surface area contributed by atoms with Crippen LogP contribution in [0.4, 0.5) is 0 Å². The van der Waals surface area contributed by atoms with Gasteiger partial charge in [-0.15, -0.1) is 0 Å². The Bertz CT molecular complexity index is 493. The van der Waals surface area contributed by atoms with Gasteiger partial charge in [0.25, 0.3) is 0 Å². The van der Waals surface area contributed by atoms with Crippen molar-refractivity contribution in [2.45, 2.75) is 0 Å². The van der Waals surface area contributed by atoms with Crippen LogP contribution in [0.2, 0.25) is 0 Å². The number of methoxy groups -OCH3 is 1. The summed E-state index contributed by atoms with van der Waals surface area (Å²) in [5.41, 5.74) is 2.02. The third-order valence-corrected chi connectivity index (χ3v) is 2.47. The van der Waals surface area contributed by atoms with Crippen molar-refractivity contribution in [2.24, 2.45) is 0 Å². The Morgan fingerprint density at radius 1 is 1.64 bits per heavy atom. The van der Waals surface area contributed by atoms with E-state index in [0.29, 0.717) is 5.56 Å². The zero-order valence-electron chi connectivity index (χ0n) is 7.37. The van der Waals surface area contributed by atoms with Crippen molar-refractivity contribution in [2.75, 3.05) is 7.11 Å². The van der Waals surface area contributed by atoms with E-state index >= 15 is 0 Å². The number of H-pyrrole nitrogens is 1. The van der Waals surface area contributed by atoms with Gasteiger partial charge in [-0.25, -0.2) is 4.79 Å². The van der Waals surface area contributed by atoms with E-state index in [1.807, 2.05) is 6.07 Å². The van der Waals surface area contributed by atoms with Crippen molar-refractivity contribution < 1.29 is 9.53 Å². The number of rotatable bonds is 1. The van der Waals surface area contributed by atoms with E-state index in [1.54, 1.807) is 12.3 Å². The van der Waals surface area contributed by atoms with E-state index in [-0.39, 0.29) is 5.97 Å². The molecule has 0 saturated heterocycles. The Hall–Kier alpha value is -1.11. The van der Waals surface area contributed by atoms with Gasteiger partial charge in [-0.05, 0) is 34.7 Å². The molecule has 2 aromatic rings. The molecule has 0 aliphatic carbocycles. The van der Waals surface area contributed by atoms with Crippen LogP contribution in [0, 0.1) is 3.70 Å². The number of ether oxygens (including phenoxy) is 1. The lowest BCUT2D eigenvalue weighted by molar-refractivity contribution is 0.0602. The van der Waals surface area contributed by atoms with Crippen LogP contribution in [0.1, 0.15) is 10.4 Å². The van der Waals surface area contributed by atoms with Gasteiger partial charge in [0.1, 0.15) is 0 Å². The number of pyridine rings is 1. The molecule has 0 fully saturated rings. The quantitative estimate of drug-likeness (QED) is 0.647. The summed E-state index contributed by atoms with van der Waals surface area (Å²) in [4.78, 5) is 18.6. The molecule has 72 valence electrons. The van der Waals surface area contributed by atoms with Crippen molar-refractivity contribution in [1.29, 1.82) is 0 Å². The molecular formula is C9H7IN2O2. The molecule has 2 rings (SSSR count). The Morgan fingerprint density at radius 2 is 2.43 bits per heavy atom. The molecule has 0 aliphatic rings. The maximum atomic E-state index is 11.4. The predicted molar refractivity (Wildman–Crippen MR) is 60.2 cm³/mol. The summed E-state index contributed by atoms with van der Waals surface area (Å²) >= 11 is 2.14. The minimum Gasteiger partial charge on any atom is -0.465 e. The number of esters is 1. The number of carbonyl (C=O) groups is 1. The molecule has 0 saturated carbocycles. The first-order valence-corrected chi connectivity index (χ1v) is 5.02. The standard InChI is InChI=1S/C9H7IN2O2/c1-14-9(13)5-2-3-11-6-4-7(10)12-8(5)6/h2-4,12H,1H3. The molecule has 0 bridgehead atoms. The van der Waals surface area contributed by atoms with Crippen LogP contribution in [0.5, 0.6) is 0 Å². The molecule has 0 aromatic carbocycles. The molecule has 0 spiro atoms. The first-order valence-electron chi connectivity index (χ1n) is 3.94. The lowest BCUT2D eigenvalue weighted by atomic mass is 10.2. The number of hydrogen-bond acceptors (Lipinski definition) is 3. The topological polar surface area (TPSA) is 55.0 Å². The van der Waals surface area contributed by atoms with Crippen molar-refractivity contribution in [3.8, 4) is 0 Å². The van der Waals surface area contributed by atoms with Gasteiger partial charge in [-0.2, -0.15) is 0 Å². The minimum absolute atomic E-state index is 0.351. The number of fused-ring (bicyclic) bond motifs is 1. The lowest BCUT2D eigenvalue weighted by Crippen LogP contribution is -2.02. The van der Waals surface area contributed by atoms with Crippen molar-refractivity contribution in [3.63, 3.8) is 0 Å². The molecular weight excluding hydrogens is 295 g/mol. The smallest absolute Gasteiger partial charge is 0.340 e. The number of hydrogen-bond donors (Lipinski definition) is 1. The number of aromatic nitrogens is 2. The average molecular weight is 302 g/mol. The van der Waals surface area contributed by atoms with Crippen molar-refractivity contribution in [1.82, 2.24) is 9.97 Å². The van der Waals surface area contributed by atoms with Gasteiger partial charge in [0.05, 0.1) is 27.4 Å². The summed E-state index contributed by atoms with van der Waals surface area (Å²) in [7, 11) is 1.36. The summed E-state index contributed by atoms with van der Waals surface area (Å²) in [6.07, 6.45) is 1.60. The zero-order chi connectivity index (χ0) is 10.1. The fraction of sp³-hybridized carbons (Fsp3) is 0.111. The third-order valence-electron chi connectivity index (χ3n) is 1.89. The summed E-state index contributed by atoms with van der Waals surface area (Å²) in [5.74, 6) is -0.351. The van der Waals surface area contributed by atoms with Crippen molar-refractivity contribution >= 4 is 39.6 Å². The van der Waals surface area contributed by atoms with Crippen LogP contribution in [-0.4, -0.2) is 23.0 Å². The third kappa shape index (κ3) is 1.47. The maximum Gasteiger partial charge on any atom is 0.340 e. The highest BCUT2D eigenvalue weighted by Crippen LogP contribution is 2.18. The lowest BCUT2D eigenvalue weighted by Gasteiger charge is -1.99. The van der Waals surface area contributed by atoms with Crippen LogP contribution in [-0.2, 0) is 4.74 Å². The Morgan fingerprint density at radius 3 is 3.14 bits per heavy atom. The second kappa shape index (κ2) is 3.56. The van der Waals surface area contributed by atoms with E-state index < -0.39 is 0 Å². The minimum atomic E-state index is -0.351. The number of carbonyl (C=O) groups excluding carboxylic acids is 1. The van der Waals surface area contributed by atoms with Crippen LogP contribution in [0.15, 0.2) is 18.3 Å². The van der Waals surface area contributed by atoms with Gasteiger partial charge in [0, 0.05) is 6.20 Å². The second-order valence-corrected chi connectivity index (χ2v) is 3.89. The highest BCUT2D eigenvalue weighted by Gasteiger charge is 2.12. The number of halogens is 1. The molecule has 0 radical (unpaired) electrons. The summed E-state index contributed by atoms with van der Waals surface area (Å²) in [5, 5.41) is 0. The number of nitrogens with one attached hydrogen (secondary N) is 1. The van der Waals surface area contributed by atoms with Gasteiger partial charge in [-0.3, -0.25) is 4.98 Å². The zero-order valence-corrected chi connectivity index (χ0v) is 9.53. The Balaban J connectivity index is 2.70. The number of aromatic amines is 1. The first-order chi connectivity index (χ1) is 6.72. The SMILES string of the molecule is COC(=O)c1ccnc2cc(I)[nH]c12. The highest BCUT2D eigenvalue weighted by atomic mass is 127. The molecule has 14 heavy (non-hydrogen) atoms. The highest BCUT2D eigenvalue weighted by molar-refractivity contribution is 14.1. The summed E-state index contributed by atoms with van der Waals surface area (Å²) < 4.78 is 5.61. The van der Waals surface area contributed by atoms with Gasteiger partial charge < -0.3 is 9.72 Å². The van der Waals surface area contributed by atoms with E-state index in [4.69, 9.17) is 0 Å². The normalized spacial score (nSPS) is 10.4. The molecule has 0 amide bonds. The molecule has 0 atom stereocenters. The molecule has 0 unspecified atom stereocenters. The van der Waals surface area contributed by atoms with Gasteiger partial charge in [0.2, 0.25) is 0 Å². The summed E-state index contributed by atoms with van der Waals surface area (Å²) in [6.45, 7) is 0. The predicted octanol–water partition coefficient (Wildman–Crippen LogP) is 1.95. The Labute approximate surface area is 93.8 Å². The van der Waals surface area contributed by atoms with Crippen LogP contribution in [0.25, 0.3) is 11.0 Å². The second-order valence-electron chi connectivity index (χ2n) is 2.73. The fourth-order valence-corrected chi connectivity index (χ4v) is 1.84. The average Bonchev–Trinajstić information content (AvgIpc) is 2.56. The van der Waals surface area contributed by atoms with Crippen molar-refractivity contribution in [3.05, 3.63) is 27.6 Å². The maximum absolute atomic E-state index is 11.4. The van der Waals surface area contributed by atoms with Crippen LogP contribution < -0.4 is 0 Å². The fourth-order valence-electron chi connectivity index (χ4n) is 1.27. The molecule has 1 N–H and O–H groups in total. The molecule has 0 aliphatic heterocycles. The van der Waals surface area contributed by atoms with Gasteiger partial charge in [0.15, 0.2) is 0 Å². The summed E-state index contributed by atoms with van der Waals surface area (Å²) in [6, 6.07) is 3.52. The molecule has 2 heterocycles. The largest absolute Gasteiger partial charge is 0.465 e. The van der Waals surface area contributed by atoms with Crippen LogP contribution >= 0.6 is 22.6 Å². The molecule has 2 aromatic heterocycles. The Kier molecular flexibility index (Phi) is 2.40. The van der Waals surface area contributed by atoms with Gasteiger partial charge >= 0.3 is 5.97 Å². The molecule has 4 nitrogen and oxygen atoms in total. The number of nitrogens with zero attached hydrogens (tertiary/aromatic N) is 1.